The van der Waals surface area contributed by atoms with Crippen LogP contribution < -0.4 is 0 Å². The molecule has 1 fully saturated rings. The maximum atomic E-state index is 12.7. The molecular formula is C17H21NO3. The number of likely N-dealkylation sites (tertiary alicyclic amines) is 1. The predicted octanol–water partition coefficient (Wildman–Crippen LogP) is 2.11. The van der Waals surface area contributed by atoms with E-state index in [1.165, 1.54) is 11.1 Å². The molecule has 0 saturated carbocycles. The molecule has 1 amide bonds. The van der Waals surface area contributed by atoms with Crippen LogP contribution in [0.15, 0.2) is 24.3 Å². The number of piperidine rings is 1. The lowest BCUT2D eigenvalue weighted by Gasteiger charge is -2.38. The van der Waals surface area contributed by atoms with Crippen molar-refractivity contribution in [3.8, 4) is 0 Å². The topological polar surface area (TPSA) is 57.6 Å². The summed E-state index contributed by atoms with van der Waals surface area (Å²) in [5.41, 5.74) is 1.72. The Bertz CT molecular complexity index is 558. The second-order valence-electron chi connectivity index (χ2n) is 6.60. The highest BCUT2D eigenvalue weighted by atomic mass is 16.4. The third-order valence-electron chi connectivity index (χ3n) is 4.92. The second-order valence-corrected chi connectivity index (χ2v) is 6.60. The Hall–Kier alpha value is -1.84. The SMILES string of the molecule is C[C@@]1(C(=O)O)CCCN(C(=O)C2Cc3ccccc3C2)C1. The molecule has 1 saturated heterocycles. The van der Waals surface area contributed by atoms with Gasteiger partial charge in [0.25, 0.3) is 0 Å². The summed E-state index contributed by atoms with van der Waals surface area (Å²) in [6.45, 7) is 2.78. The number of carboxylic acids is 1. The molecule has 1 atom stereocenters. The number of hydrogen-bond acceptors (Lipinski definition) is 2. The lowest BCUT2D eigenvalue weighted by atomic mass is 9.81. The summed E-state index contributed by atoms with van der Waals surface area (Å²) in [5.74, 6) is -0.688. The van der Waals surface area contributed by atoms with Crippen LogP contribution >= 0.6 is 0 Å². The number of carbonyl (C=O) groups excluding carboxylic acids is 1. The van der Waals surface area contributed by atoms with Gasteiger partial charge < -0.3 is 10.0 Å². The molecule has 0 bridgehead atoms. The number of amides is 1. The van der Waals surface area contributed by atoms with Crippen LogP contribution in [0.4, 0.5) is 0 Å². The summed E-state index contributed by atoms with van der Waals surface area (Å²) in [4.78, 5) is 25.9. The van der Waals surface area contributed by atoms with Gasteiger partial charge in [-0.2, -0.15) is 0 Å². The predicted molar refractivity (Wildman–Crippen MR) is 78.9 cm³/mol. The van der Waals surface area contributed by atoms with Crippen LogP contribution in [0.5, 0.6) is 0 Å². The molecule has 1 aliphatic carbocycles. The maximum absolute atomic E-state index is 12.7. The second kappa shape index (κ2) is 5.17. The minimum atomic E-state index is -0.797. The summed E-state index contributed by atoms with van der Waals surface area (Å²) in [6.07, 6.45) is 3.00. The van der Waals surface area contributed by atoms with Crippen LogP contribution in [0.3, 0.4) is 0 Å². The summed E-state index contributed by atoms with van der Waals surface area (Å²) in [7, 11) is 0. The van der Waals surface area contributed by atoms with Gasteiger partial charge in [0, 0.05) is 19.0 Å². The molecule has 4 nitrogen and oxygen atoms in total. The fraction of sp³-hybridized carbons (Fsp3) is 0.529. The van der Waals surface area contributed by atoms with Gasteiger partial charge in [0.05, 0.1) is 5.41 Å². The molecule has 1 aromatic rings. The number of nitrogens with zero attached hydrogens (tertiary/aromatic N) is 1. The van der Waals surface area contributed by atoms with Crippen LogP contribution in [-0.4, -0.2) is 35.0 Å². The first-order valence-corrected chi connectivity index (χ1v) is 7.58. The molecule has 21 heavy (non-hydrogen) atoms. The Morgan fingerprint density at radius 3 is 2.43 bits per heavy atom. The van der Waals surface area contributed by atoms with E-state index >= 15 is 0 Å². The van der Waals surface area contributed by atoms with E-state index in [2.05, 4.69) is 12.1 Å². The largest absolute Gasteiger partial charge is 0.481 e. The van der Waals surface area contributed by atoms with Crippen molar-refractivity contribution in [3.63, 3.8) is 0 Å². The lowest BCUT2D eigenvalue weighted by molar-refractivity contribution is -0.154. The van der Waals surface area contributed by atoms with Crippen LogP contribution in [0.2, 0.25) is 0 Å². The highest BCUT2D eigenvalue weighted by Crippen LogP contribution is 2.33. The number of carboxylic acid groups (broad SMARTS) is 1. The Morgan fingerprint density at radius 1 is 1.24 bits per heavy atom. The van der Waals surface area contributed by atoms with Crippen molar-refractivity contribution in [2.24, 2.45) is 11.3 Å². The van der Waals surface area contributed by atoms with E-state index < -0.39 is 11.4 Å². The highest BCUT2D eigenvalue weighted by Gasteiger charge is 2.41. The first-order valence-electron chi connectivity index (χ1n) is 7.58. The first-order chi connectivity index (χ1) is 9.99. The molecule has 0 aromatic heterocycles. The smallest absolute Gasteiger partial charge is 0.311 e. The van der Waals surface area contributed by atoms with Gasteiger partial charge in [-0.3, -0.25) is 9.59 Å². The maximum Gasteiger partial charge on any atom is 0.311 e. The van der Waals surface area contributed by atoms with Gasteiger partial charge in [0.2, 0.25) is 5.91 Å². The molecular weight excluding hydrogens is 266 g/mol. The van der Waals surface area contributed by atoms with Crippen molar-refractivity contribution >= 4 is 11.9 Å². The van der Waals surface area contributed by atoms with Gasteiger partial charge in [-0.15, -0.1) is 0 Å². The normalized spacial score (nSPS) is 25.7. The standard InChI is InChI=1S/C17H21NO3/c1-17(16(20)21)7-4-8-18(11-17)15(19)14-9-12-5-2-3-6-13(12)10-14/h2-3,5-6,14H,4,7-11H2,1H3,(H,20,21)/t17-/m1/s1. The molecule has 4 heteroatoms. The third kappa shape index (κ3) is 2.55. The monoisotopic (exact) mass is 287 g/mol. The van der Waals surface area contributed by atoms with Crippen molar-refractivity contribution in [3.05, 3.63) is 35.4 Å². The van der Waals surface area contributed by atoms with Crippen molar-refractivity contribution in [1.29, 1.82) is 0 Å². The zero-order valence-corrected chi connectivity index (χ0v) is 12.3. The van der Waals surface area contributed by atoms with E-state index in [1.807, 2.05) is 12.1 Å². The van der Waals surface area contributed by atoms with Gasteiger partial charge in [-0.1, -0.05) is 24.3 Å². The fourth-order valence-corrected chi connectivity index (χ4v) is 3.59. The molecule has 1 aromatic carbocycles. The average molecular weight is 287 g/mol. The van der Waals surface area contributed by atoms with Crippen molar-refractivity contribution in [2.75, 3.05) is 13.1 Å². The summed E-state index contributed by atoms with van der Waals surface area (Å²) < 4.78 is 0. The number of carbonyl (C=O) groups is 2. The molecule has 0 spiro atoms. The van der Waals surface area contributed by atoms with E-state index in [4.69, 9.17) is 0 Å². The van der Waals surface area contributed by atoms with E-state index in [1.54, 1.807) is 11.8 Å². The van der Waals surface area contributed by atoms with Crippen LogP contribution in [-0.2, 0) is 22.4 Å². The van der Waals surface area contributed by atoms with E-state index in [0.29, 0.717) is 19.5 Å². The molecule has 0 radical (unpaired) electrons. The first kappa shape index (κ1) is 14.1. The van der Waals surface area contributed by atoms with Gasteiger partial charge in [0.15, 0.2) is 0 Å². The molecule has 1 N–H and O–H groups in total. The summed E-state index contributed by atoms with van der Waals surface area (Å²) in [5, 5.41) is 9.37. The molecule has 0 unspecified atom stereocenters. The zero-order valence-electron chi connectivity index (χ0n) is 12.3. The number of benzene rings is 1. The van der Waals surface area contributed by atoms with Gasteiger partial charge >= 0.3 is 5.97 Å². The van der Waals surface area contributed by atoms with Gasteiger partial charge in [0.1, 0.15) is 0 Å². The number of rotatable bonds is 2. The fourth-order valence-electron chi connectivity index (χ4n) is 3.59. The minimum absolute atomic E-state index is 0.0152. The Labute approximate surface area is 124 Å². The van der Waals surface area contributed by atoms with Crippen LogP contribution in [0.1, 0.15) is 30.9 Å². The number of aliphatic carboxylic acids is 1. The Kier molecular flexibility index (Phi) is 3.47. The van der Waals surface area contributed by atoms with Crippen molar-refractivity contribution in [2.45, 2.75) is 32.6 Å². The Balaban J connectivity index is 1.71. The van der Waals surface area contributed by atoms with E-state index in [-0.39, 0.29) is 11.8 Å². The molecule has 112 valence electrons. The third-order valence-corrected chi connectivity index (χ3v) is 4.92. The molecule has 1 heterocycles. The van der Waals surface area contributed by atoms with Crippen molar-refractivity contribution < 1.29 is 14.7 Å². The van der Waals surface area contributed by atoms with E-state index in [9.17, 15) is 14.7 Å². The quantitative estimate of drug-likeness (QED) is 0.906. The van der Waals surface area contributed by atoms with Gasteiger partial charge in [-0.25, -0.2) is 0 Å². The highest BCUT2D eigenvalue weighted by molar-refractivity contribution is 5.82. The number of fused-ring (bicyclic) bond motifs is 1. The lowest BCUT2D eigenvalue weighted by Crippen LogP contribution is -2.50. The van der Waals surface area contributed by atoms with Gasteiger partial charge in [-0.05, 0) is 43.7 Å². The molecule has 2 aliphatic rings. The average Bonchev–Trinajstić information content (AvgIpc) is 2.90. The zero-order chi connectivity index (χ0) is 15.0. The Morgan fingerprint density at radius 2 is 1.86 bits per heavy atom. The van der Waals surface area contributed by atoms with Crippen LogP contribution in [0.25, 0.3) is 0 Å². The van der Waals surface area contributed by atoms with Crippen molar-refractivity contribution in [1.82, 2.24) is 4.90 Å². The van der Waals surface area contributed by atoms with E-state index in [0.717, 1.165) is 19.3 Å². The summed E-state index contributed by atoms with van der Waals surface area (Å²) in [6, 6.07) is 8.18. The molecule has 3 rings (SSSR count). The summed E-state index contributed by atoms with van der Waals surface area (Å²) >= 11 is 0. The minimum Gasteiger partial charge on any atom is -0.481 e. The number of hydrogen-bond donors (Lipinski definition) is 1. The molecule has 1 aliphatic heterocycles. The van der Waals surface area contributed by atoms with Crippen LogP contribution in [0, 0.1) is 11.3 Å².